The zero-order chi connectivity index (χ0) is 17.3. The number of carbonyl (C=O) groups excluding carboxylic acids is 1. The molecule has 2 fully saturated rings. The Labute approximate surface area is 141 Å². The Hall–Kier alpha value is -1.51. The fourth-order valence-corrected chi connectivity index (χ4v) is 4.63. The van der Waals surface area contributed by atoms with Crippen molar-refractivity contribution in [1.82, 2.24) is 14.1 Å². The smallest absolute Gasteiger partial charge is 0.256 e. The third-order valence-corrected chi connectivity index (χ3v) is 6.56. The topological polar surface area (TPSA) is 60.9 Å². The highest BCUT2D eigenvalue weighted by Crippen LogP contribution is 2.23. The van der Waals surface area contributed by atoms with Gasteiger partial charge in [0.05, 0.1) is 10.5 Å². The summed E-state index contributed by atoms with van der Waals surface area (Å²) >= 11 is 0. The van der Waals surface area contributed by atoms with Crippen molar-refractivity contribution in [1.29, 1.82) is 0 Å². The van der Waals surface area contributed by atoms with E-state index in [2.05, 4.69) is 4.90 Å². The molecular formula is C16H22FN3O3S. The predicted molar refractivity (Wildman–Crippen MR) is 87.8 cm³/mol. The Balaban J connectivity index is 1.87. The minimum atomic E-state index is -3.66. The van der Waals surface area contributed by atoms with E-state index >= 15 is 0 Å². The fourth-order valence-electron chi connectivity index (χ4n) is 3.09. The van der Waals surface area contributed by atoms with Gasteiger partial charge in [-0.25, -0.2) is 12.8 Å². The first-order valence-corrected chi connectivity index (χ1v) is 9.61. The van der Waals surface area contributed by atoms with Crippen LogP contribution in [0.1, 0.15) is 23.2 Å². The predicted octanol–water partition coefficient (Wildman–Crippen LogP) is 0.998. The van der Waals surface area contributed by atoms with Crippen LogP contribution in [0.15, 0.2) is 23.1 Å². The number of halogens is 1. The first kappa shape index (κ1) is 17.3. The second-order valence-electron chi connectivity index (χ2n) is 6.35. The van der Waals surface area contributed by atoms with Gasteiger partial charge < -0.3 is 9.80 Å². The monoisotopic (exact) mass is 355 g/mol. The standard InChI is InChI=1S/C16H22FN3O3S/c1-18-8-10-19(11-9-18)16(21)14-12-13(4-5-15(14)17)24(22,23)20-6-2-3-7-20/h4-5,12H,2-3,6-11H2,1H3. The van der Waals surface area contributed by atoms with Gasteiger partial charge in [-0.2, -0.15) is 4.31 Å². The zero-order valence-corrected chi connectivity index (χ0v) is 14.6. The third kappa shape index (κ3) is 3.31. The van der Waals surface area contributed by atoms with Crippen LogP contribution in [0.3, 0.4) is 0 Å². The lowest BCUT2D eigenvalue weighted by Crippen LogP contribution is -2.47. The lowest BCUT2D eigenvalue weighted by molar-refractivity contribution is 0.0659. The maximum atomic E-state index is 14.2. The molecule has 2 aliphatic rings. The Bertz CT molecular complexity index is 724. The van der Waals surface area contributed by atoms with E-state index in [0.717, 1.165) is 32.0 Å². The van der Waals surface area contributed by atoms with Gasteiger partial charge in [-0.3, -0.25) is 4.79 Å². The molecule has 0 radical (unpaired) electrons. The van der Waals surface area contributed by atoms with Gasteiger partial charge in [0.1, 0.15) is 5.82 Å². The number of nitrogens with zero attached hydrogens (tertiary/aromatic N) is 3. The number of amides is 1. The molecule has 0 aromatic heterocycles. The van der Waals surface area contributed by atoms with Gasteiger partial charge in [0.2, 0.25) is 10.0 Å². The number of piperazine rings is 1. The molecule has 2 heterocycles. The van der Waals surface area contributed by atoms with Gasteiger partial charge in [-0.05, 0) is 38.1 Å². The first-order valence-electron chi connectivity index (χ1n) is 8.17. The van der Waals surface area contributed by atoms with E-state index in [1.54, 1.807) is 4.90 Å². The molecule has 1 amide bonds. The number of rotatable bonds is 3. The van der Waals surface area contributed by atoms with Crippen molar-refractivity contribution in [3.8, 4) is 0 Å². The maximum Gasteiger partial charge on any atom is 0.256 e. The van der Waals surface area contributed by atoms with Crippen molar-refractivity contribution in [2.45, 2.75) is 17.7 Å². The summed E-state index contributed by atoms with van der Waals surface area (Å²) in [6, 6.07) is 3.50. The Morgan fingerprint density at radius 2 is 1.67 bits per heavy atom. The van der Waals surface area contributed by atoms with Gasteiger partial charge in [0.25, 0.3) is 5.91 Å². The number of hydrogen-bond acceptors (Lipinski definition) is 4. The van der Waals surface area contributed by atoms with Crippen molar-refractivity contribution in [2.24, 2.45) is 0 Å². The number of carbonyl (C=O) groups is 1. The molecule has 2 aliphatic heterocycles. The summed E-state index contributed by atoms with van der Waals surface area (Å²) < 4.78 is 40.8. The summed E-state index contributed by atoms with van der Waals surface area (Å²) in [5.41, 5.74) is -0.167. The molecule has 0 atom stereocenters. The van der Waals surface area contributed by atoms with Crippen molar-refractivity contribution in [3.05, 3.63) is 29.6 Å². The van der Waals surface area contributed by atoms with E-state index in [1.807, 2.05) is 7.05 Å². The van der Waals surface area contributed by atoms with Crippen LogP contribution in [0.5, 0.6) is 0 Å². The maximum absolute atomic E-state index is 14.2. The second-order valence-corrected chi connectivity index (χ2v) is 8.29. The van der Waals surface area contributed by atoms with Crippen LogP contribution in [0.25, 0.3) is 0 Å². The van der Waals surface area contributed by atoms with E-state index in [1.165, 1.54) is 16.4 Å². The molecule has 0 saturated carbocycles. The van der Waals surface area contributed by atoms with Gasteiger partial charge in [0.15, 0.2) is 0 Å². The van der Waals surface area contributed by atoms with E-state index in [4.69, 9.17) is 0 Å². The molecule has 6 nitrogen and oxygen atoms in total. The van der Waals surface area contributed by atoms with Crippen molar-refractivity contribution < 1.29 is 17.6 Å². The van der Waals surface area contributed by atoms with Crippen molar-refractivity contribution >= 4 is 15.9 Å². The minimum absolute atomic E-state index is 0.0109. The molecule has 0 spiro atoms. The Kier molecular flexibility index (Phi) is 4.89. The van der Waals surface area contributed by atoms with Crippen LogP contribution >= 0.6 is 0 Å². The molecular weight excluding hydrogens is 333 g/mol. The summed E-state index contributed by atoms with van der Waals surface area (Å²) in [4.78, 5) is 16.2. The highest BCUT2D eigenvalue weighted by molar-refractivity contribution is 7.89. The Morgan fingerprint density at radius 3 is 2.29 bits per heavy atom. The van der Waals surface area contributed by atoms with Gasteiger partial charge in [-0.15, -0.1) is 0 Å². The van der Waals surface area contributed by atoms with Crippen molar-refractivity contribution in [3.63, 3.8) is 0 Å². The summed E-state index contributed by atoms with van der Waals surface area (Å²) in [7, 11) is -1.70. The summed E-state index contributed by atoms with van der Waals surface area (Å²) in [5.74, 6) is -1.13. The lowest BCUT2D eigenvalue weighted by Gasteiger charge is -2.32. The number of hydrogen-bond donors (Lipinski definition) is 0. The largest absolute Gasteiger partial charge is 0.336 e. The minimum Gasteiger partial charge on any atom is -0.336 e. The third-order valence-electron chi connectivity index (χ3n) is 4.66. The number of sulfonamides is 1. The van der Waals surface area contributed by atoms with Crippen LogP contribution in [0, 0.1) is 5.82 Å². The van der Waals surface area contributed by atoms with E-state index in [0.29, 0.717) is 26.2 Å². The van der Waals surface area contributed by atoms with Crippen LogP contribution in [0.2, 0.25) is 0 Å². The molecule has 0 aliphatic carbocycles. The summed E-state index contributed by atoms with van der Waals surface area (Å²) in [6.45, 7) is 3.41. The van der Waals surface area contributed by atoms with Crippen LogP contribution < -0.4 is 0 Å². The summed E-state index contributed by atoms with van der Waals surface area (Å²) in [6.07, 6.45) is 1.65. The molecule has 2 saturated heterocycles. The van der Waals surface area contributed by atoms with E-state index in [9.17, 15) is 17.6 Å². The molecule has 1 aromatic carbocycles. The summed E-state index contributed by atoms with van der Waals surface area (Å²) in [5, 5.41) is 0. The molecule has 0 unspecified atom stereocenters. The van der Waals surface area contributed by atoms with Crippen LogP contribution in [-0.2, 0) is 10.0 Å². The molecule has 0 bridgehead atoms. The molecule has 1 aromatic rings. The van der Waals surface area contributed by atoms with Gasteiger partial charge in [-0.1, -0.05) is 0 Å². The fraction of sp³-hybridized carbons (Fsp3) is 0.562. The quantitative estimate of drug-likeness (QED) is 0.812. The average molecular weight is 355 g/mol. The molecule has 24 heavy (non-hydrogen) atoms. The highest BCUT2D eigenvalue weighted by Gasteiger charge is 2.29. The number of likely N-dealkylation sites (N-methyl/N-ethyl adjacent to an activating group) is 1. The van der Waals surface area contributed by atoms with Gasteiger partial charge in [0, 0.05) is 39.3 Å². The average Bonchev–Trinajstić information content (AvgIpc) is 3.10. The van der Waals surface area contributed by atoms with Crippen LogP contribution in [0.4, 0.5) is 4.39 Å². The second kappa shape index (κ2) is 6.78. The molecule has 8 heteroatoms. The first-order chi connectivity index (χ1) is 11.4. The Morgan fingerprint density at radius 1 is 1.04 bits per heavy atom. The SMILES string of the molecule is CN1CCN(C(=O)c2cc(S(=O)(=O)N3CCCC3)ccc2F)CC1. The van der Waals surface area contributed by atoms with E-state index < -0.39 is 21.7 Å². The lowest BCUT2D eigenvalue weighted by atomic mass is 10.1. The highest BCUT2D eigenvalue weighted by atomic mass is 32.2. The van der Waals surface area contributed by atoms with Crippen LogP contribution in [-0.4, -0.2) is 74.7 Å². The van der Waals surface area contributed by atoms with Gasteiger partial charge >= 0.3 is 0 Å². The normalized spacial score (nSPS) is 20.5. The zero-order valence-electron chi connectivity index (χ0n) is 13.7. The molecule has 132 valence electrons. The molecule has 0 N–H and O–H groups in total. The van der Waals surface area contributed by atoms with E-state index in [-0.39, 0.29) is 10.5 Å². The molecule has 3 rings (SSSR count). The van der Waals surface area contributed by atoms with Crippen molar-refractivity contribution in [2.75, 3.05) is 46.3 Å². The number of benzene rings is 1.